The third-order valence-electron chi connectivity index (χ3n) is 3.47. The highest BCUT2D eigenvalue weighted by atomic mass is 16.2. The van der Waals surface area contributed by atoms with E-state index in [4.69, 9.17) is 0 Å². The van der Waals surface area contributed by atoms with Crippen LogP contribution in [0.4, 0.5) is 0 Å². The normalized spacial score (nSPS) is 25.6. The van der Waals surface area contributed by atoms with Gasteiger partial charge in [0, 0.05) is 25.9 Å². The summed E-state index contributed by atoms with van der Waals surface area (Å²) in [5, 5.41) is 5.05. The molecule has 2 heterocycles. The summed E-state index contributed by atoms with van der Waals surface area (Å²) in [4.78, 5) is 45.0. The van der Waals surface area contributed by atoms with Crippen LogP contribution in [0.25, 0.3) is 0 Å². The highest BCUT2D eigenvalue weighted by Crippen LogP contribution is 2.15. The molecule has 6 nitrogen and oxygen atoms in total. The molecule has 0 radical (unpaired) electrons. The highest BCUT2D eigenvalue weighted by molar-refractivity contribution is 6.06. The van der Waals surface area contributed by atoms with Crippen LogP contribution in [-0.2, 0) is 19.2 Å². The van der Waals surface area contributed by atoms with E-state index in [1.54, 1.807) is 0 Å². The second kappa shape index (κ2) is 5.29. The van der Waals surface area contributed by atoms with Gasteiger partial charge < -0.3 is 10.6 Å². The summed E-state index contributed by atoms with van der Waals surface area (Å²) in [5.74, 6) is -1.43. The fraction of sp³-hybridized carbons (Fsp3) is 0.667. The number of carbonyl (C=O) groups is 4. The highest BCUT2D eigenvalue weighted by Gasteiger charge is 2.34. The largest absolute Gasteiger partial charge is 0.354 e. The van der Waals surface area contributed by atoms with E-state index in [1.165, 1.54) is 0 Å². The van der Waals surface area contributed by atoms with Crippen LogP contribution in [0.2, 0.25) is 0 Å². The molecule has 0 aromatic heterocycles. The molecule has 2 atom stereocenters. The van der Waals surface area contributed by atoms with Gasteiger partial charge in [-0.25, -0.2) is 0 Å². The molecule has 2 fully saturated rings. The van der Waals surface area contributed by atoms with Crippen molar-refractivity contribution in [1.29, 1.82) is 0 Å². The summed E-state index contributed by atoms with van der Waals surface area (Å²) in [7, 11) is 0. The number of nitrogens with one attached hydrogen (secondary N) is 2. The van der Waals surface area contributed by atoms with E-state index in [0.717, 1.165) is 0 Å². The first-order chi connectivity index (χ1) is 8.59. The molecule has 0 saturated carbocycles. The Balaban J connectivity index is 1.58. The van der Waals surface area contributed by atoms with Crippen LogP contribution in [0.3, 0.4) is 0 Å². The Bertz CT molecular complexity index is 367. The van der Waals surface area contributed by atoms with E-state index in [1.807, 2.05) is 0 Å². The topological polar surface area (TPSA) is 92.3 Å². The van der Waals surface area contributed by atoms with E-state index in [-0.39, 0.29) is 23.4 Å². The van der Waals surface area contributed by atoms with Crippen LogP contribution < -0.4 is 10.6 Å². The van der Waals surface area contributed by atoms with E-state index in [0.29, 0.717) is 38.8 Å². The number of hydrogen-bond acceptors (Lipinski definition) is 4. The van der Waals surface area contributed by atoms with Crippen molar-refractivity contribution in [1.82, 2.24) is 10.6 Å². The molecule has 2 aliphatic heterocycles. The summed E-state index contributed by atoms with van der Waals surface area (Å²) < 4.78 is 0. The summed E-state index contributed by atoms with van der Waals surface area (Å²) in [6, 6.07) is 0. The maximum Gasteiger partial charge on any atom is 0.232 e. The Labute approximate surface area is 104 Å². The van der Waals surface area contributed by atoms with Crippen LogP contribution in [0.1, 0.15) is 25.7 Å². The molecule has 2 saturated heterocycles. The molecule has 2 N–H and O–H groups in total. The molecule has 0 spiro atoms. The van der Waals surface area contributed by atoms with Gasteiger partial charge in [-0.05, 0) is 12.8 Å². The van der Waals surface area contributed by atoms with Crippen LogP contribution in [-0.4, -0.2) is 36.5 Å². The first kappa shape index (κ1) is 12.7. The first-order valence-electron chi connectivity index (χ1n) is 6.20. The lowest BCUT2D eigenvalue weighted by Gasteiger charge is -2.25. The number of ketones is 2. The Hall–Kier alpha value is -1.72. The molecule has 2 amide bonds. The lowest BCUT2D eigenvalue weighted by atomic mass is 9.91. The van der Waals surface area contributed by atoms with E-state index in [2.05, 4.69) is 10.6 Å². The smallest absolute Gasteiger partial charge is 0.232 e. The molecular formula is C12H16N2O4. The van der Waals surface area contributed by atoms with Gasteiger partial charge in [-0.15, -0.1) is 0 Å². The molecule has 2 aliphatic rings. The third-order valence-corrected chi connectivity index (χ3v) is 3.47. The molecule has 0 aliphatic carbocycles. The minimum Gasteiger partial charge on any atom is -0.354 e. The summed E-state index contributed by atoms with van der Waals surface area (Å²) >= 11 is 0. The summed E-state index contributed by atoms with van der Waals surface area (Å²) in [6.45, 7) is 0.887. The average Bonchev–Trinajstić information content (AvgIpc) is 2.30. The van der Waals surface area contributed by atoms with Gasteiger partial charge in [0.05, 0.1) is 0 Å². The predicted octanol–water partition coefficient (Wildman–Crippen LogP) is -0.823. The van der Waals surface area contributed by atoms with E-state index >= 15 is 0 Å². The Morgan fingerprint density at radius 3 is 1.50 bits per heavy atom. The van der Waals surface area contributed by atoms with Crippen LogP contribution >= 0.6 is 0 Å². The SMILES string of the molecule is O=C(CCCCC(=O)C1CNC1=O)C1CNC1=O. The van der Waals surface area contributed by atoms with Gasteiger partial charge in [0.1, 0.15) is 23.4 Å². The van der Waals surface area contributed by atoms with Crippen molar-refractivity contribution in [2.24, 2.45) is 11.8 Å². The van der Waals surface area contributed by atoms with Crippen LogP contribution in [0.5, 0.6) is 0 Å². The number of hydrogen-bond donors (Lipinski definition) is 2. The third kappa shape index (κ3) is 2.57. The average molecular weight is 252 g/mol. The number of carbonyl (C=O) groups excluding carboxylic acids is 4. The quantitative estimate of drug-likeness (QED) is 0.351. The van der Waals surface area contributed by atoms with Gasteiger partial charge in [0.2, 0.25) is 11.8 Å². The fourth-order valence-corrected chi connectivity index (χ4v) is 2.04. The molecule has 98 valence electrons. The van der Waals surface area contributed by atoms with Crippen LogP contribution in [0, 0.1) is 11.8 Å². The molecular weight excluding hydrogens is 236 g/mol. The Morgan fingerprint density at radius 1 is 0.889 bits per heavy atom. The Morgan fingerprint density at radius 2 is 1.28 bits per heavy atom. The van der Waals surface area contributed by atoms with Gasteiger partial charge in [0.25, 0.3) is 0 Å². The predicted molar refractivity (Wildman–Crippen MR) is 61.5 cm³/mol. The Kier molecular flexibility index (Phi) is 3.74. The number of unbranched alkanes of at least 4 members (excludes halogenated alkanes) is 1. The summed E-state index contributed by atoms with van der Waals surface area (Å²) in [5.41, 5.74) is 0. The fourth-order valence-electron chi connectivity index (χ4n) is 2.04. The lowest BCUT2D eigenvalue weighted by Crippen LogP contribution is -2.52. The lowest BCUT2D eigenvalue weighted by molar-refractivity contribution is -0.141. The van der Waals surface area contributed by atoms with Crippen molar-refractivity contribution >= 4 is 23.4 Å². The second-order valence-corrected chi connectivity index (χ2v) is 4.74. The minimum absolute atomic E-state index is 0.0485. The molecule has 0 aromatic rings. The monoisotopic (exact) mass is 252 g/mol. The molecule has 6 heteroatoms. The van der Waals surface area contributed by atoms with Gasteiger partial charge in [0.15, 0.2) is 0 Å². The van der Waals surface area contributed by atoms with Crippen LogP contribution in [0.15, 0.2) is 0 Å². The number of rotatable bonds is 7. The molecule has 0 aromatic carbocycles. The molecule has 2 rings (SSSR count). The van der Waals surface area contributed by atoms with E-state index in [9.17, 15) is 19.2 Å². The zero-order valence-corrected chi connectivity index (χ0v) is 10.0. The number of β-lactam (4-membered cyclic amide) rings is 2. The molecule has 2 unspecified atom stereocenters. The number of amides is 2. The van der Waals surface area contributed by atoms with Gasteiger partial charge in [-0.3, -0.25) is 19.2 Å². The number of Topliss-reactive ketones (excluding diaryl/α,β-unsaturated/α-hetero) is 2. The van der Waals surface area contributed by atoms with Crippen molar-refractivity contribution in [3.8, 4) is 0 Å². The molecule has 18 heavy (non-hydrogen) atoms. The standard InChI is InChI=1S/C12H16N2O4/c15-9(7-5-13-11(7)17)3-1-2-4-10(16)8-6-14-12(8)18/h7-8H,1-6H2,(H,13,17)(H,14,18). The second-order valence-electron chi connectivity index (χ2n) is 4.74. The minimum atomic E-state index is -0.474. The van der Waals surface area contributed by atoms with Crippen molar-refractivity contribution in [3.05, 3.63) is 0 Å². The maximum absolute atomic E-state index is 11.5. The van der Waals surface area contributed by atoms with Crippen molar-refractivity contribution in [3.63, 3.8) is 0 Å². The van der Waals surface area contributed by atoms with Crippen molar-refractivity contribution < 1.29 is 19.2 Å². The van der Waals surface area contributed by atoms with E-state index < -0.39 is 11.8 Å². The first-order valence-corrected chi connectivity index (χ1v) is 6.20. The zero-order valence-electron chi connectivity index (χ0n) is 10.0. The summed E-state index contributed by atoms with van der Waals surface area (Å²) in [6.07, 6.45) is 1.87. The van der Waals surface area contributed by atoms with Gasteiger partial charge >= 0.3 is 0 Å². The molecule has 0 bridgehead atoms. The van der Waals surface area contributed by atoms with Gasteiger partial charge in [-0.2, -0.15) is 0 Å². The zero-order chi connectivity index (χ0) is 13.1. The maximum atomic E-state index is 11.5. The van der Waals surface area contributed by atoms with Gasteiger partial charge in [-0.1, -0.05) is 0 Å². The van der Waals surface area contributed by atoms with Crippen molar-refractivity contribution in [2.45, 2.75) is 25.7 Å². The van der Waals surface area contributed by atoms with Crippen molar-refractivity contribution in [2.75, 3.05) is 13.1 Å².